The first-order chi connectivity index (χ1) is 9.35. The smallest absolute Gasteiger partial charge is 0.410 e. The highest BCUT2D eigenvalue weighted by molar-refractivity contribution is 5.68. The van der Waals surface area contributed by atoms with Gasteiger partial charge >= 0.3 is 6.09 Å². The van der Waals surface area contributed by atoms with E-state index in [1.54, 1.807) is 0 Å². The first-order valence-electron chi connectivity index (χ1n) is 7.39. The molecule has 1 atom stereocenters. The zero-order valence-electron chi connectivity index (χ0n) is 13.0. The third-order valence-electron chi connectivity index (χ3n) is 3.62. The Bertz CT molecular complexity index is 459. The van der Waals surface area contributed by atoms with Crippen molar-refractivity contribution in [3.8, 4) is 0 Å². The lowest BCUT2D eigenvalue weighted by molar-refractivity contribution is 0.0198. The molecule has 1 saturated heterocycles. The van der Waals surface area contributed by atoms with Gasteiger partial charge in [-0.3, -0.25) is 0 Å². The summed E-state index contributed by atoms with van der Waals surface area (Å²) < 4.78 is 5.47. The molecule has 0 radical (unpaired) electrons. The Balaban J connectivity index is 2.01. The number of rotatable bonds is 1. The van der Waals surface area contributed by atoms with E-state index >= 15 is 0 Å². The first kappa shape index (κ1) is 14.9. The number of benzene rings is 1. The Labute approximate surface area is 121 Å². The molecule has 3 heteroatoms. The van der Waals surface area contributed by atoms with E-state index in [-0.39, 0.29) is 6.09 Å². The molecular weight excluding hydrogens is 250 g/mol. The topological polar surface area (TPSA) is 29.5 Å². The number of likely N-dealkylation sites (tertiary alicyclic amines) is 1. The normalized spacial score (nSPS) is 19.8. The van der Waals surface area contributed by atoms with Crippen molar-refractivity contribution in [1.82, 2.24) is 4.90 Å². The fourth-order valence-corrected chi connectivity index (χ4v) is 2.58. The molecule has 0 aromatic heterocycles. The quantitative estimate of drug-likeness (QED) is 0.772. The van der Waals surface area contributed by atoms with Gasteiger partial charge in [0.1, 0.15) is 5.60 Å². The second-order valence-electron chi connectivity index (χ2n) is 6.68. The van der Waals surface area contributed by atoms with Crippen LogP contribution in [0.2, 0.25) is 0 Å². The fourth-order valence-electron chi connectivity index (χ4n) is 2.58. The highest BCUT2D eigenvalue weighted by Crippen LogP contribution is 2.28. The van der Waals surface area contributed by atoms with Crippen molar-refractivity contribution >= 4 is 6.09 Å². The predicted octanol–water partition coefficient (Wildman–Crippen LogP) is 4.11. The summed E-state index contributed by atoms with van der Waals surface area (Å²) in [6.07, 6.45) is 1.99. The van der Waals surface area contributed by atoms with Gasteiger partial charge in [0, 0.05) is 19.0 Å². The molecule has 0 spiro atoms. The average Bonchev–Trinajstić information content (AvgIpc) is 2.38. The summed E-state index contributed by atoms with van der Waals surface area (Å²) in [4.78, 5) is 14.0. The van der Waals surface area contributed by atoms with E-state index in [9.17, 15) is 4.79 Å². The number of piperidine rings is 1. The zero-order chi connectivity index (χ0) is 14.8. The molecular formula is C17H25NO2. The molecule has 2 rings (SSSR count). The van der Waals surface area contributed by atoms with Crippen molar-refractivity contribution in [3.63, 3.8) is 0 Å². The van der Waals surface area contributed by atoms with E-state index in [4.69, 9.17) is 4.74 Å². The van der Waals surface area contributed by atoms with Crippen LogP contribution in [-0.4, -0.2) is 29.7 Å². The van der Waals surface area contributed by atoms with Crippen LogP contribution in [0, 0.1) is 6.92 Å². The predicted molar refractivity (Wildman–Crippen MR) is 81.0 cm³/mol. The van der Waals surface area contributed by atoms with E-state index in [2.05, 4.69) is 31.2 Å². The number of hydrogen-bond acceptors (Lipinski definition) is 2. The van der Waals surface area contributed by atoms with Crippen molar-refractivity contribution in [1.29, 1.82) is 0 Å². The minimum atomic E-state index is -0.423. The monoisotopic (exact) mass is 275 g/mol. The number of carbonyl (C=O) groups excluding carboxylic acids is 1. The molecule has 1 amide bonds. The van der Waals surface area contributed by atoms with Gasteiger partial charge in [-0.1, -0.05) is 29.8 Å². The van der Waals surface area contributed by atoms with Crippen LogP contribution in [0.3, 0.4) is 0 Å². The number of hydrogen-bond donors (Lipinski definition) is 0. The third-order valence-corrected chi connectivity index (χ3v) is 3.62. The number of ether oxygens (including phenoxy) is 1. The Kier molecular flexibility index (Phi) is 4.36. The van der Waals surface area contributed by atoms with Gasteiger partial charge in [0.15, 0.2) is 0 Å². The highest BCUT2D eigenvalue weighted by atomic mass is 16.6. The number of nitrogens with zero attached hydrogens (tertiary/aromatic N) is 1. The van der Waals surface area contributed by atoms with Crippen LogP contribution < -0.4 is 0 Å². The molecule has 1 fully saturated rings. The molecule has 1 unspecified atom stereocenters. The average molecular weight is 275 g/mol. The Morgan fingerprint density at radius 1 is 1.25 bits per heavy atom. The molecule has 20 heavy (non-hydrogen) atoms. The maximum absolute atomic E-state index is 12.1. The van der Waals surface area contributed by atoms with Crippen molar-refractivity contribution in [2.24, 2.45) is 0 Å². The van der Waals surface area contributed by atoms with Crippen molar-refractivity contribution in [3.05, 3.63) is 35.4 Å². The van der Waals surface area contributed by atoms with Crippen LogP contribution in [0.1, 0.15) is 50.7 Å². The van der Waals surface area contributed by atoms with Crippen LogP contribution in [0.5, 0.6) is 0 Å². The summed E-state index contributed by atoms with van der Waals surface area (Å²) in [5, 5.41) is 0. The van der Waals surface area contributed by atoms with E-state index in [1.807, 2.05) is 25.7 Å². The standard InChI is InChI=1S/C17H25NO2/c1-13-7-9-14(10-8-13)15-6-5-11-18(12-15)16(19)20-17(2,3)4/h7-10,15H,5-6,11-12H2,1-4H3. The Morgan fingerprint density at radius 2 is 1.90 bits per heavy atom. The lowest BCUT2D eigenvalue weighted by Crippen LogP contribution is -2.42. The highest BCUT2D eigenvalue weighted by Gasteiger charge is 2.28. The molecule has 0 aliphatic carbocycles. The summed E-state index contributed by atoms with van der Waals surface area (Å²) >= 11 is 0. The van der Waals surface area contributed by atoms with Crippen molar-refractivity contribution in [2.45, 2.75) is 52.1 Å². The van der Waals surface area contributed by atoms with Gasteiger partial charge in [0.05, 0.1) is 0 Å². The summed E-state index contributed by atoms with van der Waals surface area (Å²) in [7, 11) is 0. The van der Waals surface area contributed by atoms with Crippen LogP contribution in [0.25, 0.3) is 0 Å². The maximum Gasteiger partial charge on any atom is 0.410 e. The van der Waals surface area contributed by atoms with Gasteiger partial charge < -0.3 is 9.64 Å². The van der Waals surface area contributed by atoms with Crippen LogP contribution in [-0.2, 0) is 4.74 Å². The second kappa shape index (κ2) is 5.86. The largest absolute Gasteiger partial charge is 0.444 e. The third kappa shape index (κ3) is 3.99. The SMILES string of the molecule is Cc1ccc(C2CCCN(C(=O)OC(C)(C)C)C2)cc1. The van der Waals surface area contributed by atoms with Crippen LogP contribution in [0.15, 0.2) is 24.3 Å². The molecule has 1 aliphatic heterocycles. The first-order valence-corrected chi connectivity index (χ1v) is 7.39. The van der Waals surface area contributed by atoms with Gasteiger partial charge in [-0.25, -0.2) is 4.79 Å². The van der Waals surface area contributed by atoms with E-state index in [0.717, 1.165) is 25.9 Å². The molecule has 0 N–H and O–H groups in total. The van der Waals surface area contributed by atoms with Gasteiger partial charge in [-0.05, 0) is 46.1 Å². The molecule has 110 valence electrons. The lowest BCUT2D eigenvalue weighted by Gasteiger charge is -2.34. The molecule has 0 bridgehead atoms. The molecule has 1 heterocycles. The van der Waals surface area contributed by atoms with Crippen LogP contribution in [0.4, 0.5) is 4.79 Å². The van der Waals surface area contributed by atoms with Crippen molar-refractivity contribution < 1.29 is 9.53 Å². The van der Waals surface area contributed by atoms with Gasteiger partial charge in [0.25, 0.3) is 0 Å². The van der Waals surface area contributed by atoms with Crippen molar-refractivity contribution in [2.75, 3.05) is 13.1 Å². The van der Waals surface area contributed by atoms with E-state index < -0.39 is 5.60 Å². The molecule has 1 aromatic carbocycles. The molecule has 1 aliphatic rings. The molecule has 0 saturated carbocycles. The summed E-state index contributed by atoms with van der Waals surface area (Å²) in [5.41, 5.74) is 2.17. The zero-order valence-corrected chi connectivity index (χ0v) is 13.0. The maximum atomic E-state index is 12.1. The van der Waals surface area contributed by atoms with Gasteiger partial charge in [0.2, 0.25) is 0 Å². The van der Waals surface area contributed by atoms with Crippen LogP contribution >= 0.6 is 0 Å². The van der Waals surface area contributed by atoms with E-state index in [0.29, 0.717) is 5.92 Å². The Hall–Kier alpha value is -1.51. The molecule has 1 aromatic rings. The number of carbonyl (C=O) groups is 1. The van der Waals surface area contributed by atoms with E-state index in [1.165, 1.54) is 11.1 Å². The summed E-state index contributed by atoms with van der Waals surface area (Å²) in [6.45, 7) is 9.39. The molecule has 3 nitrogen and oxygen atoms in total. The number of amides is 1. The summed E-state index contributed by atoms with van der Waals surface area (Å²) in [6, 6.07) is 8.64. The van der Waals surface area contributed by atoms with Gasteiger partial charge in [-0.2, -0.15) is 0 Å². The number of aryl methyl sites for hydroxylation is 1. The summed E-state index contributed by atoms with van der Waals surface area (Å²) in [5.74, 6) is 0.428. The Morgan fingerprint density at radius 3 is 2.50 bits per heavy atom. The fraction of sp³-hybridized carbons (Fsp3) is 0.588. The lowest BCUT2D eigenvalue weighted by atomic mass is 9.90. The van der Waals surface area contributed by atoms with Gasteiger partial charge in [-0.15, -0.1) is 0 Å². The minimum Gasteiger partial charge on any atom is -0.444 e. The minimum absolute atomic E-state index is 0.186. The second-order valence-corrected chi connectivity index (χ2v) is 6.68.